The first-order chi connectivity index (χ1) is 9.83. The fourth-order valence-electron chi connectivity index (χ4n) is 2.15. The van der Waals surface area contributed by atoms with E-state index in [0.29, 0.717) is 18.5 Å². The molecule has 0 aromatic carbocycles. The summed E-state index contributed by atoms with van der Waals surface area (Å²) in [5.74, 6) is -0.287. The molecular formula is C13H17Cl2N5O3. The number of nitrogens with two attached hydrogens (primary N) is 1. The van der Waals surface area contributed by atoms with E-state index in [4.69, 9.17) is 5.73 Å². The van der Waals surface area contributed by atoms with Crippen LogP contribution in [0.15, 0.2) is 21.9 Å². The van der Waals surface area contributed by atoms with Gasteiger partial charge >= 0.3 is 5.69 Å². The van der Waals surface area contributed by atoms with Crippen LogP contribution in [0.3, 0.4) is 0 Å². The Morgan fingerprint density at radius 2 is 1.87 bits per heavy atom. The third-order valence-electron chi connectivity index (χ3n) is 3.79. The van der Waals surface area contributed by atoms with Gasteiger partial charge in [-0.05, 0) is 18.9 Å². The molecule has 1 amide bonds. The molecule has 126 valence electrons. The largest absolute Gasteiger partial charge is 0.332 e. The van der Waals surface area contributed by atoms with Gasteiger partial charge in [0.05, 0.1) is 22.8 Å². The monoisotopic (exact) mass is 361 g/mol. The summed E-state index contributed by atoms with van der Waals surface area (Å²) in [6.07, 6.45) is 2.71. The summed E-state index contributed by atoms with van der Waals surface area (Å²) in [4.78, 5) is 39.9. The van der Waals surface area contributed by atoms with Gasteiger partial charge in [0, 0.05) is 14.1 Å². The van der Waals surface area contributed by atoms with E-state index >= 15 is 0 Å². The lowest BCUT2D eigenvalue weighted by Gasteiger charge is -2.11. The Balaban J connectivity index is 0.00000132. The van der Waals surface area contributed by atoms with E-state index in [1.807, 2.05) is 0 Å². The van der Waals surface area contributed by atoms with Gasteiger partial charge in [-0.3, -0.25) is 18.7 Å². The van der Waals surface area contributed by atoms with Gasteiger partial charge < -0.3 is 11.1 Å². The van der Waals surface area contributed by atoms with Crippen molar-refractivity contribution in [3.8, 4) is 0 Å². The molecule has 0 unspecified atom stereocenters. The molecule has 2 heterocycles. The van der Waals surface area contributed by atoms with Crippen LogP contribution >= 0.6 is 24.8 Å². The number of carbonyl (C=O) groups is 1. The first-order valence-electron chi connectivity index (χ1n) is 6.49. The van der Waals surface area contributed by atoms with Gasteiger partial charge in [-0.1, -0.05) is 0 Å². The van der Waals surface area contributed by atoms with Crippen LogP contribution in [0.2, 0.25) is 0 Å². The van der Waals surface area contributed by atoms with Crippen molar-refractivity contribution in [2.24, 2.45) is 19.8 Å². The van der Waals surface area contributed by atoms with Crippen molar-refractivity contribution >= 4 is 47.4 Å². The van der Waals surface area contributed by atoms with Crippen molar-refractivity contribution in [2.45, 2.75) is 18.4 Å². The van der Waals surface area contributed by atoms with Crippen LogP contribution in [0.25, 0.3) is 11.0 Å². The first-order valence-corrected chi connectivity index (χ1v) is 6.49. The smallest absolute Gasteiger partial charge is 0.323 e. The van der Waals surface area contributed by atoms with E-state index in [1.54, 1.807) is 0 Å². The van der Waals surface area contributed by atoms with Crippen LogP contribution in [-0.4, -0.2) is 25.6 Å². The van der Waals surface area contributed by atoms with Gasteiger partial charge in [0.25, 0.3) is 5.56 Å². The highest BCUT2D eigenvalue weighted by molar-refractivity contribution is 6.00. The minimum atomic E-state index is -0.802. The molecule has 0 atom stereocenters. The summed E-state index contributed by atoms with van der Waals surface area (Å²) in [5.41, 5.74) is 4.76. The first kappa shape index (κ1) is 19.1. The van der Waals surface area contributed by atoms with E-state index < -0.39 is 16.8 Å². The number of nitrogens with zero attached hydrogens (tertiary/aromatic N) is 3. The molecule has 0 bridgehead atoms. The number of rotatable bonds is 2. The number of halogens is 2. The molecule has 3 N–H and O–H groups in total. The molecule has 0 aliphatic heterocycles. The standard InChI is InChI=1S/C13H15N5O3.2ClH/c1-17-9-8(10(19)18(2)12(17)21)5-7(6-15-9)16-11(20)13(14)3-4-13;;/h5-6H,3-4,14H2,1-2H3,(H,16,20);2*1H. The number of fused-ring (bicyclic) bond motifs is 1. The summed E-state index contributed by atoms with van der Waals surface area (Å²) in [7, 11) is 2.93. The Morgan fingerprint density at radius 1 is 1.26 bits per heavy atom. The Labute approximate surface area is 143 Å². The fourth-order valence-corrected chi connectivity index (χ4v) is 2.15. The average molecular weight is 362 g/mol. The summed E-state index contributed by atoms with van der Waals surface area (Å²) in [5, 5.41) is 2.92. The summed E-state index contributed by atoms with van der Waals surface area (Å²) in [6.45, 7) is 0. The zero-order valence-electron chi connectivity index (χ0n) is 12.5. The highest BCUT2D eigenvalue weighted by Gasteiger charge is 2.45. The van der Waals surface area contributed by atoms with Gasteiger partial charge in [0.1, 0.15) is 5.65 Å². The molecule has 8 nitrogen and oxygen atoms in total. The SMILES string of the molecule is Cl.Cl.Cn1c(=O)c2cc(NC(=O)C3(N)CC3)cnc2n(C)c1=O. The van der Waals surface area contributed by atoms with Crippen LogP contribution in [-0.2, 0) is 18.9 Å². The van der Waals surface area contributed by atoms with Crippen molar-refractivity contribution in [1.29, 1.82) is 0 Å². The summed E-state index contributed by atoms with van der Waals surface area (Å²) < 4.78 is 2.29. The topological polar surface area (TPSA) is 112 Å². The van der Waals surface area contributed by atoms with Crippen molar-refractivity contribution in [1.82, 2.24) is 14.1 Å². The van der Waals surface area contributed by atoms with Crippen LogP contribution < -0.4 is 22.3 Å². The molecule has 2 aromatic rings. The molecule has 10 heteroatoms. The zero-order chi connectivity index (χ0) is 15.4. The maximum absolute atomic E-state index is 12.1. The molecule has 1 aliphatic rings. The molecule has 1 saturated carbocycles. The molecule has 23 heavy (non-hydrogen) atoms. The molecule has 0 saturated heterocycles. The maximum Gasteiger partial charge on any atom is 0.332 e. The molecule has 3 rings (SSSR count). The van der Waals surface area contributed by atoms with Crippen molar-refractivity contribution in [3.05, 3.63) is 33.1 Å². The van der Waals surface area contributed by atoms with E-state index in [1.165, 1.54) is 30.9 Å². The summed E-state index contributed by atoms with van der Waals surface area (Å²) >= 11 is 0. The fraction of sp³-hybridized carbons (Fsp3) is 0.385. The third kappa shape index (κ3) is 3.10. The number of carbonyl (C=O) groups excluding carboxylic acids is 1. The lowest BCUT2D eigenvalue weighted by atomic mass is 10.2. The molecule has 0 radical (unpaired) electrons. The number of pyridine rings is 1. The normalized spacial score (nSPS) is 14.6. The molecule has 1 aliphatic carbocycles. The Kier molecular flexibility index (Phi) is 5.25. The lowest BCUT2D eigenvalue weighted by Crippen LogP contribution is -2.38. The Bertz CT molecular complexity index is 886. The quantitative estimate of drug-likeness (QED) is 0.775. The molecule has 1 fully saturated rings. The minimum absolute atomic E-state index is 0. The van der Waals surface area contributed by atoms with E-state index in [0.717, 1.165) is 4.57 Å². The van der Waals surface area contributed by atoms with Gasteiger partial charge in [-0.15, -0.1) is 24.8 Å². The molecular weight excluding hydrogens is 345 g/mol. The Morgan fingerprint density at radius 3 is 2.43 bits per heavy atom. The van der Waals surface area contributed by atoms with Crippen molar-refractivity contribution in [2.75, 3.05) is 5.32 Å². The number of aryl methyl sites for hydroxylation is 1. The third-order valence-corrected chi connectivity index (χ3v) is 3.79. The number of anilines is 1. The highest BCUT2D eigenvalue weighted by Crippen LogP contribution is 2.33. The van der Waals surface area contributed by atoms with Crippen molar-refractivity contribution < 1.29 is 4.79 Å². The zero-order valence-corrected chi connectivity index (χ0v) is 14.2. The highest BCUT2D eigenvalue weighted by atomic mass is 35.5. The number of aromatic nitrogens is 3. The number of amides is 1. The second kappa shape index (κ2) is 6.31. The number of nitrogens with one attached hydrogen (secondary N) is 1. The van der Waals surface area contributed by atoms with Crippen LogP contribution in [0.5, 0.6) is 0 Å². The second-order valence-electron chi connectivity index (χ2n) is 5.41. The average Bonchev–Trinajstić information content (AvgIpc) is 3.22. The predicted octanol–water partition coefficient (Wildman–Crippen LogP) is -0.0944. The van der Waals surface area contributed by atoms with Crippen LogP contribution in [0.4, 0.5) is 5.69 Å². The van der Waals surface area contributed by atoms with E-state index in [-0.39, 0.29) is 41.8 Å². The maximum atomic E-state index is 12.1. The van der Waals surface area contributed by atoms with Gasteiger partial charge in [-0.25, -0.2) is 9.78 Å². The Hall–Kier alpha value is -1.90. The van der Waals surface area contributed by atoms with E-state index in [2.05, 4.69) is 10.3 Å². The van der Waals surface area contributed by atoms with Gasteiger partial charge in [0.15, 0.2) is 0 Å². The summed E-state index contributed by atoms with van der Waals surface area (Å²) in [6, 6.07) is 1.51. The number of hydrogen-bond acceptors (Lipinski definition) is 5. The number of hydrogen-bond donors (Lipinski definition) is 2. The van der Waals surface area contributed by atoms with Gasteiger partial charge in [-0.2, -0.15) is 0 Å². The minimum Gasteiger partial charge on any atom is -0.323 e. The van der Waals surface area contributed by atoms with Crippen LogP contribution in [0.1, 0.15) is 12.8 Å². The predicted molar refractivity (Wildman–Crippen MR) is 91.5 cm³/mol. The molecule has 2 aromatic heterocycles. The molecule has 0 spiro atoms. The van der Waals surface area contributed by atoms with E-state index in [9.17, 15) is 14.4 Å². The van der Waals surface area contributed by atoms with Crippen LogP contribution in [0, 0.1) is 0 Å². The van der Waals surface area contributed by atoms with Gasteiger partial charge in [0.2, 0.25) is 5.91 Å². The second-order valence-corrected chi connectivity index (χ2v) is 5.41. The lowest BCUT2D eigenvalue weighted by molar-refractivity contribution is -0.118. The van der Waals surface area contributed by atoms with Crippen molar-refractivity contribution in [3.63, 3.8) is 0 Å².